The fourth-order valence-corrected chi connectivity index (χ4v) is 6.90. The van der Waals surface area contributed by atoms with Gasteiger partial charge in [-0.15, -0.1) is 0 Å². The van der Waals surface area contributed by atoms with Crippen molar-refractivity contribution in [2.75, 3.05) is 44.7 Å². The Labute approximate surface area is 232 Å². The van der Waals surface area contributed by atoms with Crippen molar-refractivity contribution in [2.45, 2.75) is 74.0 Å². The molecule has 1 aromatic carbocycles. The number of halogens is 3. The quantitative estimate of drug-likeness (QED) is 0.383. The standard InChI is InChI=1S/C26H34F3N5O5S/c1-25(2,3)39-24(36)33-15-19(14-21(33)23(35)34(16-30)17-5-6-17)40(37,38)22-8-7-18(13-20(22)26(27,28)29)32-11-9-31(4)10-12-32/h7-8,13,17,19,21H,5-6,9-12,14-15H2,1-4H3/t19-,21+/m1/s1. The molecule has 1 aromatic rings. The normalized spacial score (nSPS) is 22.6. The number of alkyl halides is 3. The molecule has 1 aliphatic carbocycles. The third-order valence-electron chi connectivity index (χ3n) is 7.32. The average molecular weight is 586 g/mol. The Morgan fingerprint density at radius 1 is 1.10 bits per heavy atom. The van der Waals surface area contributed by atoms with Gasteiger partial charge in [0.25, 0.3) is 5.91 Å². The molecule has 2 saturated heterocycles. The maximum atomic E-state index is 14.2. The summed E-state index contributed by atoms with van der Waals surface area (Å²) < 4.78 is 75.6. The summed E-state index contributed by atoms with van der Waals surface area (Å²) in [5, 5.41) is 8.02. The number of amides is 2. The van der Waals surface area contributed by atoms with Gasteiger partial charge >= 0.3 is 12.3 Å². The van der Waals surface area contributed by atoms with Gasteiger partial charge in [0.1, 0.15) is 11.6 Å². The molecule has 1 saturated carbocycles. The predicted molar refractivity (Wildman–Crippen MR) is 139 cm³/mol. The molecular weight excluding hydrogens is 551 g/mol. The summed E-state index contributed by atoms with van der Waals surface area (Å²) >= 11 is 0. The van der Waals surface area contributed by atoms with E-state index >= 15 is 0 Å². The van der Waals surface area contributed by atoms with E-state index in [9.17, 15) is 36.4 Å². The fraction of sp³-hybridized carbons (Fsp3) is 0.654. The Hall–Kier alpha value is -3.05. The second-order valence-corrected chi connectivity index (χ2v) is 13.8. The van der Waals surface area contributed by atoms with Crippen molar-refractivity contribution in [1.29, 1.82) is 5.26 Å². The lowest BCUT2D eigenvalue weighted by atomic mass is 10.1. The highest BCUT2D eigenvalue weighted by Gasteiger charge is 2.51. The predicted octanol–water partition coefficient (Wildman–Crippen LogP) is 3.08. The number of benzene rings is 1. The van der Waals surface area contributed by atoms with Crippen LogP contribution in [0, 0.1) is 11.5 Å². The summed E-state index contributed by atoms with van der Waals surface area (Å²) in [5.74, 6) is -0.769. The van der Waals surface area contributed by atoms with Gasteiger partial charge in [0, 0.05) is 44.5 Å². The molecule has 0 N–H and O–H groups in total. The Morgan fingerprint density at radius 3 is 2.25 bits per heavy atom. The van der Waals surface area contributed by atoms with E-state index in [0.29, 0.717) is 39.0 Å². The highest BCUT2D eigenvalue weighted by atomic mass is 32.2. The molecule has 0 radical (unpaired) electrons. The Balaban J connectivity index is 1.68. The van der Waals surface area contributed by atoms with Gasteiger partial charge < -0.3 is 14.5 Å². The molecule has 10 nitrogen and oxygen atoms in total. The fourth-order valence-electron chi connectivity index (χ4n) is 5.01. The lowest BCUT2D eigenvalue weighted by Crippen LogP contribution is -2.48. The van der Waals surface area contributed by atoms with Gasteiger partial charge in [0.05, 0.1) is 15.7 Å². The zero-order valence-electron chi connectivity index (χ0n) is 22.9. The molecule has 4 rings (SSSR count). The van der Waals surface area contributed by atoms with Crippen LogP contribution in [0.1, 0.15) is 45.6 Å². The van der Waals surface area contributed by atoms with E-state index in [1.165, 1.54) is 6.07 Å². The largest absolute Gasteiger partial charge is 0.444 e. The van der Waals surface area contributed by atoms with Crippen molar-refractivity contribution in [2.24, 2.45) is 0 Å². The number of piperazine rings is 1. The molecule has 3 aliphatic rings. The number of rotatable bonds is 5. The maximum Gasteiger partial charge on any atom is 0.417 e. The van der Waals surface area contributed by atoms with Crippen LogP contribution in [0.5, 0.6) is 0 Å². The third kappa shape index (κ3) is 6.30. The molecule has 2 amide bonds. The second kappa shape index (κ2) is 10.7. The van der Waals surface area contributed by atoms with E-state index in [2.05, 4.69) is 0 Å². The smallest absolute Gasteiger partial charge is 0.417 e. The van der Waals surface area contributed by atoms with E-state index in [0.717, 1.165) is 21.9 Å². The van der Waals surface area contributed by atoms with Crippen LogP contribution >= 0.6 is 0 Å². The summed E-state index contributed by atoms with van der Waals surface area (Å²) in [5.41, 5.74) is -2.00. The summed E-state index contributed by atoms with van der Waals surface area (Å²) in [7, 11) is -2.76. The number of nitriles is 1. The second-order valence-electron chi connectivity index (χ2n) is 11.6. The average Bonchev–Trinajstić information content (AvgIpc) is 3.58. The zero-order chi connectivity index (χ0) is 29.6. The lowest BCUT2D eigenvalue weighted by molar-refractivity contribution is -0.139. The molecule has 0 aromatic heterocycles. The van der Waals surface area contributed by atoms with Gasteiger partial charge in [0.15, 0.2) is 16.0 Å². The Kier molecular flexibility index (Phi) is 8.03. The first kappa shape index (κ1) is 29.9. The number of ether oxygens (including phenoxy) is 1. The van der Waals surface area contributed by atoms with Crippen LogP contribution in [0.4, 0.5) is 23.7 Å². The minimum absolute atomic E-state index is 0.267. The Morgan fingerprint density at radius 2 is 1.73 bits per heavy atom. The minimum atomic E-state index is -4.97. The van der Waals surface area contributed by atoms with Crippen LogP contribution in [0.15, 0.2) is 23.1 Å². The highest BCUT2D eigenvalue weighted by Crippen LogP contribution is 2.40. The van der Waals surface area contributed by atoms with Gasteiger partial charge in [-0.25, -0.2) is 18.1 Å². The van der Waals surface area contributed by atoms with Crippen molar-refractivity contribution < 1.29 is 35.9 Å². The first-order valence-electron chi connectivity index (χ1n) is 13.1. The van der Waals surface area contributed by atoms with Crippen molar-refractivity contribution in [3.8, 4) is 6.19 Å². The zero-order valence-corrected chi connectivity index (χ0v) is 23.8. The number of carbonyl (C=O) groups is 2. The molecule has 0 bridgehead atoms. The van der Waals surface area contributed by atoms with Crippen LogP contribution in [-0.4, -0.2) is 97.8 Å². The van der Waals surface area contributed by atoms with Gasteiger partial charge in [-0.05, 0) is 65.3 Å². The van der Waals surface area contributed by atoms with E-state index < -0.39 is 68.3 Å². The number of carbonyl (C=O) groups excluding carboxylic acids is 2. The number of likely N-dealkylation sites (N-methyl/N-ethyl adjacent to an activating group) is 1. The molecule has 14 heteroatoms. The first-order chi connectivity index (χ1) is 18.5. The van der Waals surface area contributed by atoms with E-state index in [1.54, 1.807) is 31.9 Å². The third-order valence-corrected chi connectivity index (χ3v) is 9.50. The van der Waals surface area contributed by atoms with E-state index in [4.69, 9.17) is 4.74 Å². The number of hydrogen-bond donors (Lipinski definition) is 0. The monoisotopic (exact) mass is 585 g/mol. The summed E-state index contributed by atoms with van der Waals surface area (Å²) in [6.45, 7) is 6.52. The maximum absolute atomic E-state index is 14.2. The minimum Gasteiger partial charge on any atom is -0.444 e. The summed E-state index contributed by atoms with van der Waals surface area (Å²) in [6.07, 6.45) is -3.41. The molecule has 0 spiro atoms. The molecule has 2 aliphatic heterocycles. The van der Waals surface area contributed by atoms with Crippen LogP contribution in [0.2, 0.25) is 0 Å². The van der Waals surface area contributed by atoms with Crippen molar-refractivity contribution >= 4 is 27.5 Å². The molecule has 220 valence electrons. The van der Waals surface area contributed by atoms with Crippen molar-refractivity contribution in [3.63, 3.8) is 0 Å². The molecule has 2 heterocycles. The number of hydrogen-bond acceptors (Lipinski definition) is 8. The summed E-state index contributed by atoms with van der Waals surface area (Å²) in [4.78, 5) is 31.1. The van der Waals surface area contributed by atoms with E-state index in [-0.39, 0.29) is 11.7 Å². The van der Waals surface area contributed by atoms with Crippen LogP contribution in [0.25, 0.3) is 0 Å². The molecule has 0 unspecified atom stereocenters. The van der Waals surface area contributed by atoms with Gasteiger partial charge in [-0.1, -0.05) is 0 Å². The van der Waals surface area contributed by atoms with Gasteiger partial charge in [0.2, 0.25) is 0 Å². The van der Waals surface area contributed by atoms with Gasteiger partial charge in [-0.2, -0.15) is 18.4 Å². The number of likely N-dealkylation sites (tertiary alicyclic amines) is 1. The topological polar surface area (TPSA) is 114 Å². The molecule has 40 heavy (non-hydrogen) atoms. The number of anilines is 1. The van der Waals surface area contributed by atoms with Gasteiger partial charge in [-0.3, -0.25) is 9.69 Å². The molecular formula is C26H34F3N5O5S. The summed E-state index contributed by atoms with van der Waals surface area (Å²) in [6, 6.07) is 1.47. The van der Waals surface area contributed by atoms with Crippen LogP contribution in [-0.2, 0) is 25.5 Å². The lowest BCUT2D eigenvalue weighted by Gasteiger charge is -2.34. The van der Waals surface area contributed by atoms with Crippen LogP contribution in [0.3, 0.4) is 0 Å². The van der Waals surface area contributed by atoms with E-state index in [1.807, 2.05) is 11.9 Å². The van der Waals surface area contributed by atoms with Crippen LogP contribution < -0.4 is 4.90 Å². The first-order valence-corrected chi connectivity index (χ1v) is 14.7. The molecule has 3 fully saturated rings. The van der Waals surface area contributed by atoms with Crippen molar-refractivity contribution in [1.82, 2.24) is 14.7 Å². The molecule has 2 atom stereocenters. The van der Waals surface area contributed by atoms with Crippen molar-refractivity contribution in [3.05, 3.63) is 23.8 Å². The number of nitrogens with zero attached hydrogens (tertiary/aromatic N) is 5. The number of sulfone groups is 1. The highest BCUT2D eigenvalue weighted by molar-refractivity contribution is 7.92. The Bertz CT molecular complexity index is 1300. The SMILES string of the molecule is CN1CCN(c2ccc(S(=O)(=O)[C@@H]3C[C@@H](C(=O)N(C#N)C4CC4)N(C(=O)OC(C)(C)C)C3)c(C(F)(F)F)c2)CC1.